The third-order valence-corrected chi connectivity index (χ3v) is 5.58. The second kappa shape index (κ2) is 8.85. The summed E-state index contributed by atoms with van der Waals surface area (Å²) >= 11 is 1.62. The first-order valence-electron chi connectivity index (χ1n) is 9.10. The molecule has 5 nitrogen and oxygen atoms in total. The van der Waals surface area contributed by atoms with Crippen molar-refractivity contribution < 1.29 is 9.59 Å². The third-order valence-electron chi connectivity index (χ3n) is 4.70. The first-order valence-corrected chi connectivity index (χ1v) is 9.98. The topological polar surface area (TPSA) is 61.4 Å². The fraction of sp³-hybridized carbons (Fsp3) is 0.400. The van der Waals surface area contributed by atoms with Gasteiger partial charge in [-0.25, -0.2) is 4.79 Å². The molecule has 6 heteroatoms. The SMILES string of the molecule is CCc1ccc(NC(=O)C2CCCN(C(=O)NCc3cccs3)C2)cc1. The molecule has 0 saturated carbocycles. The van der Waals surface area contributed by atoms with Crippen molar-refractivity contribution in [2.75, 3.05) is 18.4 Å². The van der Waals surface area contributed by atoms with Gasteiger partial charge >= 0.3 is 6.03 Å². The first kappa shape index (κ1) is 18.5. The van der Waals surface area contributed by atoms with Gasteiger partial charge in [0.05, 0.1) is 12.5 Å². The molecule has 1 fully saturated rings. The van der Waals surface area contributed by atoms with E-state index in [4.69, 9.17) is 0 Å². The minimum Gasteiger partial charge on any atom is -0.333 e. The summed E-state index contributed by atoms with van der Waals surface area (Å²) in [6, 6.07) is 11.8. The Morgan fingerprint density at radius 3 is 2.73 bits per heavy atom. The standard InChI is InChI=1S/C20H25N3O2S/c1-2-15-7-9-17(10-8-15)22-19(24)16-5-3-11-23(14-16)20(25)21-13-18-6-4-12-26-18/h4,6-10,12,16H,2-3,5,11,13-14H2,1H3,(H,21,25)(H,22,24). The number of aryl methyl sites for hydroxylation is 1. The lowest BCUT2D eigenvalue weighted by Gasteiger charge is -2.32. The number of carbonyl (C=O) groups excluding carboxylic acids is 2. The van der Waals surface area contributed by atoms with Crippen molar-refractivity contribution in [2.45, 2.75) is 32.7 Å². The number of thiophene rings is 1. The molecule has 26 heavy (non-hydrogen) atoms. The number of anilines is 1. The Balaban J connectivity index is 1.51. The summed E-state index contributed by atoms with van der Waals surface area (Å²) in [7, 11) is 0. The number of urea groups is 1. The summed E-state index contributed by atoms with van der Waals surface area (Å²) in [6.45, 7) is 3.81. The van der Waals surface area contributed by atoms with Gasteiger partial charge in [-0.2, -0.15) is 0 Å². The van der Waals surface area contributed by atoms with Crippen LogP contribution in [0.25, 0.3) is 0 Å². The van der Waals surface area contributed by atoms with Crippen LogP contribution < -0.4 is 10.6 Å². The van der Waals surface area contributed by atoms with Crippen molar-refractivity contribution in [1.29, 1.82) is 0 Å². The van der Waals surface area contributed by atoms with Crippen LogP contribution in [0, 0.1) is 5.92 Å². The molecule has 1 aliphatic heterocycles. The molecular formula is C20H25N3O2S. The second-order valence-corrected chi connectivity index (χ2v) is 7.60. The molecule has 2 N–H and O–H groups in total. The van der Waals surface area contributed by atoms with E-state index < -0.39 is 0 Å². The number of carbonyl (C=O) groups is 2. The van der Waals surface area contributed by atoms with Gasteiger partial charge in [-0.1, -0.05) is 25.1 Å². The largest absolute Gasteiger partial charge is 0.333 e. The molecule has 3 amide bonds. The normalized spacial score (nSPS) is 17.0. The van der Waals surface area contributed by atoms with Crippen LogP contribution in [0.4, 0.5) is 10.5 Å². The molecule has 0 spiro atoms. The van der Waals surface area contributed by atoms with Crippen molar-refractivity contribution in [3.8, 4) is 0 Å². The molecule has 138 valence electrons. The predicted molar refractivity (Wildman–Crippen MR) is 105 cm³/mol. The highest BCUT2D eigenvalue weighted by molar-refractivity contribution is 7.09. The lowest BCUT2D eigenvalue weighted by atomic mass is 9.97. The number of rotatable bonds is 5. The van der Waals surface area contributed by atoms with Crippen molar-refractivity contribution in [3.63, 3.8) is 0 Å². The monoisotopic (exact) mass is 371 g/mol. The van der Waals surface area contributed by atoms with E-state index in [9.17, 15) is 9.59 Å². The molecule has 0 bridgehead atoms. The zero-order valence-electron chi connectivity index (χ0n) is 15.0. The van der Waals surface area contributed by atoms with Crippen molar-refractivity contribution >= 4 is 29.0 Å². The molecule has 1 saturated heterocycles. The van der Waals surface area contributed by atoms with E-state index in [2.05, 4.69) is 17.6 Å². The van der Waals surface area contributed by atoms with Crippen LogP contribution in [0.2, 0.25) is 0 Å². The number of nitrogens with zero attached hydrogens (tertiary/aromatic N) is 1. The maximum atomic E-state index is 12.6. The molecule has 1 aliphatic rings. The van der Waals surface area contributed by atoms with Crippen LogP contribution in [0.5, 0.6) is 0 Å². The molecule has 0 aliphatic carbocycles. The Morgan fingerprint density at radius 1 is 1.23 bits per heavy atom. The number of likely N-dealkylation sites (tertiary alicyclic amines) is 1. The highest BCUT2D eigenvalue weighted by atomic mass is 32.1. The summed E-state index contributed by atoms with van der Waals surface area (Å²) in [5, 5.41) is 7.92. The van der Waals surface area contributed by atoms with Crippen molar-refractivity contribution in [2.24, 2.45) is 5.92 Å². The van der Waals surface area contributed by atoms with Crippen LogP contribution in [0.3, 0.4) is 0 Å². The fourth-order valence-corrected chi connectivity index (χ4v) is 3.78. The molecule has 3 rings (SSSR count). The smallest absolute Gasteiger partial charge is 0.317 e. The lowest BCUT2D eigenvalue weighted by molar-refractivity contribution is -0.121. The second-order valence-electron chi connectivity index (χ2n) is 6.56. The van der Waals surface area contributed by atoms with Gasteiger partial charge < -0.3 is 15.5 Å². The quantitative estimate of drug-likeness (QED) is 0.838. The molecule has 1 unspecified atom stereocenters. The molecule has 2 aromatic rings. The number of nitrogens with one attached hydrogen (secondary N) is 2. The van der Waals surface area contributed by atoms with Gasteiger partial charge in [0.25, 0.3) is 0 Å². The maximum Gasteiger partial charge on any atom is 0.317 e. The molecule has 0 radical (unpaired) electrons. The van der Waals surface area contributed by atoms with Crippen LogP contribution in [-0.4, -0.2) is 29.9 Å². The maximum absolute atomic E-state index is 12.6. The van der Waals surface area contributed by atoms with E-state index >= 15 is 0 Å². The van der Waals surface area contributed by atoms with E-state index in [1.54, 1.807) is 16.2 Å². The zero-order valence-corrected chi connectivity index (χ0v) is 15.8. The number of benzene rings is 1. The van der Waals surface area contributed by atoms with Gasteiger partial charge in [-0.15, -0.1) is 11.3 Å². The van der Waals surface area contributed by atoms with E-state index in [0.29, 0.717) is 19.6 Å². The average Bonchev–Trinajstić information content (AvgIpc) is 3.20. The average molecular weight is 372 g/mol. The zero-order chi connectivity index (χ0) is 18.4. The van der Waals surface area contributed by atoms with E-state index in [1.807, 2.05) is 41.8 Å². The van der Waals surface area contributed by atoms with Gasteiger partial charge in [0, 0.05) is 23.7 Å². The highest BCUT2D eigenvalue weighted by Crippen LogP contribution is 2.19. The summed E-state index contributed by atoms with van der Waals surface area (Å²) in [6.07, 6.45) is 2.64. The molecule has 1 aromatic heterocycles. The molecule has 2 heterocycles. The Labute approximate surface area is 158 Å². The fourth-order valence-electron chi connectivity index (χ4n) is 3.13. The van der Waals surface area contributed by atoms with Crippen molar-refractivity contribution in [3.05, 3.63) is 52.2 Å². The number of piperidine rings is 1. The van der Waals surface area contributed by atoms with E-state index in [-0.39, 0.29) is 17.9 Å². The minimum absolute atomic E-state index is 0.00925. The Bertz CT molecular complexity index is 728. The summed E-state index contributed by atoms with van der Waals surface area (Å²) in [4.78, 5) is 27.8. The number of hydrogen-bond acceptors (Lipinski definition) is 3. The summed E-state index contributed by atoms with van der Waals surface area (Å²) in [5.74, 6) is -0.174. The molecule has 1 atom stereocenters. The minimum atomic E-state index is -0.165. The Hall–Kier alpha value is -2.34. The van der Waals surface area contributed by atoms with Gasteiger partial charge in [0.1, 0.15) is 0 Å². The lowest BCUT2D eigenvalue weighted by Crippen LogP contribution is -2.47. The summed E-state index contributed by atoms with van der Waals surface area (Å²) < 4.78 is 0. The van der Waals surface area contributed by atoms with Crippen LogP contribution >= 0.6 is 11.3 Å². The summed E-state index contributed by atoms with van der Waals surface area (Å²) in [5.41, 5.74) is 2.06. The Kier molecular flexibility index (Phi) is 6.28. The van der Waals surface area contributed by atoms with Gasteiger partial charge in [-0.05, 0) is 48.4 Å². The predicted octanol–water partition coefficient (Wildman–Crippen LogP) is 3.87. The third kappa shape index (κ3) is 4.85. The van der Waals surface area contributed by atoms with E-state index in [0.717, 1.165) is 29.8 Å². The van der Waals surface area contributed by atoms with Crippen LogP contribution in [-0.2, 0) is 17.8 Å². The van der Waals surface area contributed by atoms with Gasteiger partial charge in [0.15, 0.2) is 0 Å². The van der Waals surface area contributed by atoms with Crippen molar-refractivity contribution in [1.82, 2.24) is 10.2 Å². The van der Waals surface area contributed by atoms with E-state index in [1.165, 1.54) is 5.56 Å². The molecule has 1 aromatic carbocycles. The van der Waals surface area contributed by atoms with Gasteiger partial charge in [-0.3, -0.25) is 4.79 Å². The highest BCUT2D eigenvalue weighted by Gasteiger charge is 2.28. The van der Waals surface area contributed by atoms with Crippen LogP contribution in [0.1, 0.15) is 30.2 Å². The number of hydrogen-bond donors (Lipinski definition) is 2. The molecular weight excluding hydrogens is 346 g/mol. The first-order chi connectivity index (χ1) is 12.7. The number of amides is 3. The van der Waals surface area contributed by atoms with Crippen LogP contribution in [0.15, 0.2) is 41.8 Å². The Morgan fingerprint density at radius 2 is 2.04 bits per heavy atom. The van der Waals surface area contributed by atoms with Gasteiger partial charge in [0.2, 0.25) is 5.91 Å².